The zero-order valence-electron chi connectivity index (χ0n) is 19.3. The molecule has 0 spiro atoms. The molecule has 0 bridgehead atoms. The predicted molar refractivity (Wildman–Crippen MR) is 116 cm³/mol. The largest absolute Gasteiger partial charge is 0.445 e. The molecule has 198 valence electrons. The highest BCUT2D eigenvalue weighted by Gasteiger charge is 2.64. The smallest absolute Gasteiger partial charge is 0.411 e. The van der Waals surface area contributed by atoms with Crippen molar-refractivity contribution in [1.29, 1.82) is 0 Å². The van der Waals surface area contributed by atoms with Crippen molar-refractivity contribution in [3.05, 3.63) is 35.1 Å². The molecule has 1 aromatic heterocycles. The second kappa shape index (κ2) is 10.1. The Labute approximate surface area is 207 Å². The molecule has 0 unspecified atom stereocenters. The number of ether oxygens (including phenoxy) is 2. The number of alkyl carbamates (subject to hydrolysis) is 2. The van der Waals surface area contributed by atoms with Crippen LogP contribution < -0.4 is 10.6 Å². The number of aromatic nitrogens is 3. The molecule has 1 heterocycles. The summed E-state index contributed by atoms with van der Waals surface area (Å²) in [6.45, 7) is 1.33. The normalized spacial score (nSPS) is 15.8. The number of carbonyl (C=O) groups excluding carboxylic acids is 2. The summed E-state index contributed by atoms with van der Waals surface area (Å²) in [7, 11) is 0. The fourth-order valence-electron chi connectivity index (χ4n) is 3.15. The maximum atomic E-state index is 13.3. The van der Waals surface area contributed by atoms with E-state index in [0.717, 1.165) is 6.33 Å². The molecule has 1 atom stereocenters. The van der Waals surface area contributed by atoms with E-state index < -0.39 is 48.7 Å². The summed E-state index contributed by atoms with van der Waals surface area (Å²) in [5.41, 5.74) is -2.90. The summed E-state index contributed by atoms with van der Waals surface area (Å²) in [6.07, 6.45) is -7.94. The minimum absolute atomic E-state index is 0.00949. The van der Waals surface area contributed by atoms with Gasteiger partial charge in [-0.15, -0.1) is 0 Å². The first kappa shape index (κ1) is 27.4. The van der Waals surface area contributed by atoms with E-state index in [4.69, 9.17) is 21.1 Å². The van der Waals surface area contributed by atoms with E-state index >= 15 is 0 Å². The van der Waals surface area contributed by atoms with Crippen molar-refractivity contribution < 1.29 is 41.0 Å². The third-order valence-electron chi connectivity index (χ3n) is 5.09. The van der Waals surface area contributed by atoms with Gasteiger partial charge in [0, 0.05) is 11.1 Å². The molecule has 1 aromatic carbocycles. The Bertz CT molecular complexity index is 1110. The quantitative estimate of drug-likeness (QED) is 0.457. The van der Waals surface area contributed by atoms with Crippen LogP contribution >= 0.6 is 11.6 Å². The van der Waals surface area contributed by atoms with Gasteiger partial charge in [0.05, 0.1) is 5.02 Å². The summed E-state index contributed by atoms with van der Waals surface area (Å²) in [6, 6.07) is 3.97. The topological polar surface area (TPSA) is 107 Å². The lowest BCUT2D eigenvalue weighted by molar-refractivity contribution is -0.164. The van der Waals surface area contributed by atoms with Crippen molar-refractivity contribution in [2.45, 2.75) is 63.5 Å². The number of hydrogen-bond donors (Lipinski definition) is 2. The molecule has 1 aliphatic carbocycles. The lowest BCUT2D eigenvalue weighted by Crippen LogP contribution is -2.48. The third-order valence-corrected chi connectivity index (χ3v) is 5.42. The molecule has 3 rings (SSSR count). The average Bonchev–Trinajstić information content (AvgIpc) is 3.36. The number of halogens is 6. The zero-order valence-corrected chi connectivity index (χ0v) is 20.1. The van der Waals surface area contributed by atoms with E-state index in [1.54, 1.807) is 26.1 Å². The van der Waals surface area contributed by atoms with Crippen LogP contribution in [0.4, 0.5) is 31.5 Å². The van der Waals surface area contributed by atoms with Crippen LogP contribution in [0.2, 0.25) is 5.02 Å². The van der Waals surface area contributed by atoms with Gasteiger partial charge in [-0.05, 0) is 51.3 Å². The van der Waals surface area contributed by atoms with Crippen LogP contribution in [0, 0.1) is 0 Å². The molecule has 0 radical (unpaired) electrons. The van der Waals surface area contributed by atoms with E-state index in [-0.39, 0.29) is 34.8 Å². The van der Waals surface area contributed by atoms with Gasteiger partial charge in [-0.25, -0.2) is 14.6 Å². The van der Waals surface area contributed by atoms with Crippen molar-refractivity contribution in [2.75, 3.05) is 6.61 Å². The molecule has 1 aliphatic rings. The number of carbonyl (C=O) groups is 2. The van der Waals surface area contributed by atoms with Gasteiger partial charge < -0.3 is 20.1 Å². The number of rotatable bonds is 7. The SMILES string of the molecule is CC(C)(C)NC(=O)O[C@H](COC(=O)NC1(C(F)(F)F)CC1)c1ccc(Cl)c(-c2ncnn2C(F)F)c1. The Balaban J connectivity index is 1.85. The fraction of sp³-hybridized carbons (Fsp3) is 0.524. The van der Waals surface area contributed by atoms with Crippen LogP contribution in [-0.4, -0.2) is 50.8 Å². The van der Waals surface area contributed by atoms with Gasteiger partial charge in [-0.2, -0.15) is 31.7 Å². The van der Waals surface area contributed by atoms with Crippen LogP contribution in [0.5, 0.6) is 0 Å². The summed E-state index contributed by atoms with van der Waals surface area (Å²) >= 11 is 6.16. The summed E-state index contributed by atoms with van der Waals surface area (Å²) in [4.78, 5) is 28.3. The van der Waals surface area contributed by atoms with Gasteiger partial charge in [0.15, 0.2) is 11.9 Å². The maximum absolute atomic E-state index is 13.3. The predicted octanol–water partition coefficient (Wildman–Crippen LogP) is 5.38. The molecule has 1 fully saturated rings. The zero-order chi connectivity index (χ0) is 26.9. The Kier molecular flexibility index (Phi) is 7.67. The lowest BCUT2D eigenvalue weighted by Gasteiger charge is -2.25. The molecule has 9 nitrogen and oxygen atoms in total. The number of amides is 2. The standard InChI is InChI=1S/C21H23ClF5N5O4/c1-19(2,3)30-18(34)36-14(9-35-17(33)31-20(6-7-20)21(25,26)27)11-4-5-13(22)12(8-11)15-28-10-29-32(15)16(23)24/h4-5,8,10,14,16H,6-7,9H2,1-3H3,(H,30,34)(H,31,33)/t14-/m1/s1. The van der Waals surface area contributed by atoms with E-state index in [0.29, 0.717) is 4.68 Å². The first-order valence-electron chi connectivity index (χ1n) is 10.6. The Morgan fingerprint density at radius 2 is 1.86 bits per heavy atom. The van der Waals surface area contributed by atoms with Gasteiger partial charge in [-0.1, -0.05) is 17.7 Å². The second-order valence-electron chi connectivity index (χ2n) is 9.12. The summed E-state index contributed by atoms with van der Waals surface area (Å²) in [5.74, 6) is -0.283. The lowest BCUT2D eigenvalue weighted by atomic mass is 10.1. The summed E-state index contributed by atoms with van der Waals surface area (Å²) in [5, 5.41) is 7.80. The number of hydrogen-bond acceptors (Lipinski definition) is 6. The molecule has 15 heteroatoms. The van der Waals surface area contributed by atoms with Gasteiger partial charge in [0.25, 0.3) is 0 Å². The van der Waals surface area contributed by atoms with Crippen molar-refractivity contribution in [1.82, 2.24) is 25.4 Å². The van der Waals surface area contributed by atoms with Crippen LogP contribution in [-0.2, 0) is 9.47 Å². The van der Waals surface area contributed by atoms with E-state index in [9.17, 15) is 31.5 Å². The third kappa shape index (κ3) is 6.53. The highest BCUT2D eigenvalue weighted by atomic mass is 35.5. The van der Waals surface area contributed by atoms with Crippen LogP contribution in [0.15, 0.2) is 24.5 Å². The van der Waals surface area contributed by atoms with Gasteiger partial charge in [-0.3, -0.25) is 0 Å². The number of nitrogens with one attached hydrogen (secondary N) is 2. The molecule has 2 amide bonds. The van der Waals surface area contributed by atoms with Gasteiger partial charge in [0.2, 0.25) is 0 Å². The molecule has 1 saturated carbocycles. The number of alkyl halides is 5. The van der Waals surface area contributed by atoms with Crippen molar-refractivity contribution in [2.24, 2.45) is 0 Å². The second-order valence-corrected chi connectivity index (χ2v) is 9.52. The first-order valence-corrected chi connectivity index (χ1v) is 11.0. The maximum Gasteiger partial charge on any atom is 0.411 e. The van der Waals surface area contributed by atoms with E-state index in [1.807, 2.05) is 0 Å². The van der Waals surface area contributed by atoms with Crippen LogP contribution in [0.3, 0.4) is 0 Å². The molecule has 36 heavy (non-hydrogen) atoms. The molecule has 0 aliphatic heterocycles. The molecule has 0 saturated heterocycles. The van der Waals surface area contributed by atoms with Crippen molar-refractivity contribution >= 4 is 23.8 Å². The number of benzene rings is 1. The first-order chi connectivity index (χ1) is 16.6. The van der Waals surface area contributed by atoms with Gasteiger partial charge in [0.1, 0.15) is 18.5 Å². The molecular weight excluding hydrogens is 517 g/mol. The molecular formula is C21H23ClF5N5O4. The Morgan fingerprint density at radius 1 is 1.19 bits per heavy atom. The average molecular weight is 540 g/mol. The minimum Gasteiger partial charge on any atom is -0.445 e. The van der Waals surface area contributed by atoms with Gasteiger partial charge >= 0.3 is 24.9 Å². The number of nitrogens with zero attached hydrogens (tertiary/aromatic N) is 3. The molecule has 2 aromatic rings. The van der Waals surface area contributed by atoms with Crippen molar-refractivity contribution in [3.8, 4) is 11.4 Å². The van der Waals surface area contributed by atoms with Crippen LogP contribution in [0.25, 0.3) is 11.4 Å². The monoisotopic (exact) mass is 539 g/mol. The fourth-order valence-corrected chi connectivity index (χ4v) is 3.35. The Morgan fingerprint density at radius 3 is 2.42 bits per heavy atom. The van der Waals surface area contributed by atoms with E-state index in [1.165, 1.54) is 18.2 Å². The van der Waals surface area contributed by atoms with Crippen molar-refractivity contribution in [3.63, 3.8) is 0 Å². The Hall–Kier alpha value is -3.16. The summed E-state index contributed by atoms with van der Waals surface area (Å²) < 4.78 is 76.6. The molecule has 2 N–H and O–H groups in total. The van der Waals surface area contributed by atoms with Crippen LogP contribution in [0.1, 0.15) is 51.8 Å². The van der Waals surface area contributed by atoms with E-state index in [2.05, 4.69) is 15.4 Å². The minimum atomic E-state index is -4.65. The highest BCUT2D eigenvalue weighted by molar-refractivity contribution is 6.33. The highest BCUT2D eigenvalue weighted by Crippen LogP contribution is 2.49.